The van der Waals surface area contributed by atoms with Gasteiger partial charge in [-0.1, -0.05) is 6.92 Å². The average molecular weight is 305 g/mol. The molecule has 2 heterocycles. The number of aromatic nitrogens is 4. The fourth-order valence-electron chi connectivity index (χ4n) is 1.88. The summed E-state index contributed by atoms with van der Waals surface area (Å²) in [6.07, 6.45) is 1.99. The number of aliphatic hydroxyl groups excluding tert-OH is 1. The van der Waals surface area contributed by atoms with Gasteiger partial charge in [0.1, 0.15) is 17.4 Å². The normalized spacial score (nSPS) is 12.2. The Kier molecular flexibility index (Phi) is 5.26. The molecule has 2 rings (SSSR count). The van der Waals surface area contributed by atoms with E-state index in [1.54, 1.807) is 6.92 Å². The van der Waals surface area contributed by atoms with E-state index < -0.39 is 6.10 Å². The molecule has 0 spiro atoms. The highest BCUT2D eigenvalue weighted by Gasteiger charge is 2.14. The first-order valence-electron chi connectivity index (χ1n) is 7.38. The highest BCUT2D eigenvalue weighted by atomic mass is 16.3. The van der Waals surface area contributed by atoms with Crippen LogP contribution in [-0.2, 0) is 0 Å². The molecule has 1 atom stereocenters. The monoisotopic (exact) mass is 305 g/mol. The van der Waals surface area contributed by atoms with Crippen molar-refractivity contribution in [2.24, 2.45) is 0 Å². The fourth-order valence-corrected chi connectivity index (χ4v) is 1.88. The lowest BCUT2D eigenvalue weighted by Gasteiger charge is -2.16. The number of hydrogen-bond acceptors (Lipinski definition) is 8. The van der Waals surface area contributed by atoms with E-state index in [2.05, 4.69) is 37.5 Å². The predicted octanol–water partition coefficient (Wildman–Crippen LogP) is 1.10. The van der Waals surface area contributed by atoms with Gasteiger partial charge in [-0.05, 0) is 13.3 Å². The molecule has 0 bridgehead atoms. The molecule has 2 aromatic heterocycles. The number of aliphatic hydroxyl groups is 1. The third-order valence-corrected chi connectivity index (χ3v) is 2.98. The van der Waals surface area contributed by atoms with Crippen LogP contribution in [0.15, 0.2) is 6.33 Å². The van der Waals surface area contributed by atoms with Crippen LogP contribution in [0.5, 0.6) is 0 Å². The molecule has 0 amide bonds. The Balaban J connectivity index is 2.51. The van der Waals surface area contributed by atoms with E-state index in [9.17, 15) is 5.11 Å². The first kappa shape index (κ1) is 16.2. The molecule has 0 radical (unpaired) electrons. The molecule has 0 aromatic carbocycles. The van der Waals surface area contributed by atoms with Crippen LogP contribution in [-0.4, -0.2) is 58.3 Å². The minimum atomic E-state index is -0.474. The first-order chi connectivity index (χ1) is 10.5. The smallest absolute Gasteiger partial charge is 0.227 e. The van der Waals surface area contributed by atoms with Crippen molar-refractivity contribution >= 4 is 28.6 Å². The molecule has 8 heteroatoms. The zero-order valence-corrected chi connectivity index (χ0v) is 13.5. The summed E-state index contributed by atoms with van der Waals surface area (Å²) in [5, 5.41) is 15.8. The van der Waals surface area contributed by atoms with Crippen molar-refractivity contribution in [1.82, 2.24) is 19.9 Å². The minimum absolute atomic E-state index is 0.394. The highest BCUT2D eigenvalue weighted by molar-refractivity contribution is 5.93. The van der Waals surface area contributed by atoms with Crippen molar-refractivity contribution in [3.8, 4) is 0 Å². The van der Waals surface area contributed by atoms with E-state index in [0.29, 0.717) is 35.2 Å². The van der Waals surface area contributed by atoms with Gasteiger partial charge in [0.2, 0.25) is 5.95 Å². The molecular weight excluding hydrogens is 282 g/mol. The van der Waals surface area contributed by atoms with Crippen LogP contribution in [0, 0.1) is 0 Å². The van der Waals surface area contributed by atoms with E-state index in [1.165, 1.54) is 6.33 Å². The Bertz CT molecular complexity index is 630. The van der Waals surface area contributed by atoms with E-state index >= 15 is 0 Å². The van der Waals surface area contributed by atoms with Crippen LogP contribution < -0.4 is 15.5 Å². The van der Waals surface area contributed by atoms with E-state index in [-0.39, 0.29) is 0 Å². The Morgan fingerprint density at radius 3 is 2.55 bits per heavy atom. The van der Waals surface area contributed by atoms with Gasteiger partial charge in [0.25, 0.3) is 0 Å². The van der Waals surface area contributed by atoms with Crippen LogP contribution in [0.3, 0.4) is 0 Å². The zero-order chi connectivity index (χ0) is 16.1. The van der Waals surface area contributed by atoms with Gasteiger partial charge in [-0.3, -0.25) is 0 Å². The summed E-state index contributed by atoms with van der Waals surface area (Å²) in [5.41, 5.74) is 1.31. The molecule has 3 N–H and O–H groups in total. The number of rotatable bonds is 7. The summed E-state index contributed by atoms with van der Waals surface area (Å²) in [6.45, 7) is 5.00. The van der Waals surface area contributed by atoms with Crippen molar-refractivity contribution in [1.29, 1.82) is 0 Å². The number of nitrogens with zero attached hydrogens (tertiary/aromatic N) is 5. The fraction of sp³-hybridized carbons (Fsp3) is 0.571. The van der Waals surface area contributed by atoms with Gasteiger partial charge in [0, 0.05) is 27.2 Å². The molecule has 8 nitrogen and oxygen atoms in total. The highest BCUT2D eigenvalue weighted by Crippen LogP contribution is 2.25. The second-order valence-corrected chi connectivity index (χ2v) is 5.34. The molecule has 1 unspecified atom stereocenters. The summed E-state index contributed by atoms with van der Waals surface area (Å²) in [5.74, 6) is 1.87. The van der Waals surface area contributed by atoms with Crippen LogP contribution in [0.4, 0.5) is 17.6 Å². The van der Waals surface area contributed by atoms with Crippen LogP contribution in [0.2, 0.25) is 0 Å². The Labute approximate surface area is 130 Å². The number of anilines is 3. The molecule has 0 aliphatic heterocycles. The van der Waals surface area contributed by atoms with Crippen LogP contribution in [0.25, 0.3) is 11.0 Å². The lowest BCUT2D eigenvalue weighted by Crippen LogP contribution is -2.18. The Hall–Kier alpha value is -2.22. The van der Waals surface area contributed by atoms with Crippen molar-refractivity contribution in [2.45, 2.75) is 26.4 Å². The van der Waals surface area contributed by atoms with Crippen LogP contribution in [0.1, 0.15) is 20.3 Å². The minimum Gasteiger partial charge on any atom is -0.392 e. The summed E-state index contributed by atoms with van der Waals surface area (Å²) >= 11 is 0. The third kappa shape index (κ3) is 3.70. The second kappa shape index (κ2) is 7.17. The SMILES string of the molecule is CCCNc1nc(N(C)C)nc2c(NCC(C)O)ncnc12. The number of nitrogens with one attached hydrogen (secondary N) is 2. The van der Waals surface area contributed by atoms with Gasteiger partial charge in [0.15, 0.2) is 11.6 Å². The Morgan fingerprint density at radius 1 is 1.14 bits per heavy atom. The maximum atomic E-state index is 9.44. The molecule has 0 aliphatic rings. The van der Waals surface area contributed by atoms with Crippen molar-refractivity contribution in [2.75, 3.05) is 42.7 Å². The topological polar surface area (TPSA) is 99.1 Å². The number of hydrogen-bond donors (Lipinski definition) is 3. The average Bonchev–Trinajstić information content (AvgIpc) is 2.50. The van der Waals surface area contributed by atoms with Gasteiger partial charge in [-0.25, -0.2) is 15.0 Å². The van der Waals surface area contributed by atoms with Gasteiger partial charge in [-0.2, -0.15) is 4.98 Å². The largest absolute Gasteiger partial charge is 0.392 e. The first-order valence-corrected chi connectivity index (χ1v) is 7.38. The molecule has 0 saturated carbocycles. The lowest BCUT2D eigenvalue weighted by molar-refractivity contribution is 0.208. The maximum Gasteiger partial charge on any atom is 0.227 e. The van der Waals surface area contributed by atoms with Gasteiger partial charge >= 0.3 is 0 Å². The maximum absolute atomic E-state index is 9.44. The molecule has 0 aliphatic carbocycles. The second-order valence-electron chi connectivity index (χ2n) is 5.34. The van der Waals surface area contributed by atoms with E-state index in [1.807, 2.05) is 19.0 Å². The summed E-state index contributed by atoms with van der Waals surface area (Å²) in [4.78, 5) is 19.4. The van der Waals surface area contributed by atoms with Gasteiger partial charge < -0.3 is 20.6 Å². The molecule has 2 aromatic rings. The van der Waals surface area contributed by atoms with E-state index in [4.69, 9.17) is 0 Å². The molecule has 22 heavy (non-hydrogen) atoms. The van der Waals surface area contributed by atoms with E-state index in [0.717, 1.165) is 13.0 Å². The van der Waals surface area contributed by atoms with Crippen molar-refractivity contribution in [3.05, 3.63) is 6.33 Å². The Morgan fingerprint density at radius 2 is 1.91 bits per heavy atom. The van der Waals surface area contributed by atoms with Crippen LogP contribution >= 0.6 is 0 Å². The van der Waals surface area contributed by atoms with Gasteiger partial charge in [0.05, 0.1) is 6.10 Å². The molecule has 0 fully saturated rings. The standard InChI is InChI=1S/C14H23N7O/c1-5-6-15-13-10-11(19-14(20-13)21(3)4)12(18-8-17-10)16-7-9(2)22/h8-9,22H,5-7H2,1-4H3,(H,15,19,20)(H,16,17,18). The molecule has 0 saturated heterocycles. The lowest BCUT2D eigenvalue weighted by atomic mass is 10.3. The predicted molar refractivity (Wildman–Crippen MR) is 88.4 cm³/mol. The molecule has 120 valence electrons. The van der Waals surface area contributed by atoms with Crippen molar-refractivity contribution in [3.63, 3.8) is 0 Å². The molecular formula is C14H23N7O. The summed E-state index contributed by atoms with van der Waals surface area (Å²) < 4.78 is 0. The van der Waals surface area contributed by atoms with Gasteiger partial charge in [-0.15, -0.1) is 0 Å². The third-order valence-electron chi connectivity index (χ3n) is 2.98. The quantitative estimate of drug-likeness (QED) is 0.699. The van der Waals surface area contributed by atoms with Crippen molar-refractivity contribution < 1.29 is 5.11 Å². The zero-order valence-electron chi connectivity index (χ0n) is 13.5. The summed E-state index contributed by atoms with van der Waals surface area (Å²) in [6, 6.07) is 0. The number of fused-ring (bicyclic) bond motifs is 1. The summed E-state index contributed by atoms with van der Waals surface area (Å²) in [7, 11) is 3.77.